The zero-order chi connectivity index (χ0) is 16.8. The standard InChI is InChI=1S/C19H18F2N2O.ClH/c20-16-7-3-14(4-8-16)19(15-5-9-17(21)10-6-15)24-11-1-2-18-12-22-13-23-18;/h3-10,12-13,19H,1-2,11H2,(H,22,23);1H/p-1. The minimum atomic E-state index is -0.354. The van der Waals surface area contributed by atoms with E-state index in [0.717, 1.165) is 29.7 Å². The Hall–Kier alpha value is -2.24. The minimum absolute atomic E-state index is 0. The fourth-order valence-corrected chi connectivity index (χ4v) is 2.55. The molecule has 3 nitrogen and oxygen atoms in total. The van der Waals surface area contributed by atoms with Gasteiger partial charge in [-0.2, -0.15) is 0 Å². The predicted octanol–water partition coefficient (Wildman–Crippen LogP) is 1.43. The van der Waals surface area contributed by atoms with E-state index in [0.29, 0.717) is 6.61 Å². The summed E-state index contributed by atoms with van der Waals surface area (Å²) in [6, 6.07) is 12.4. The van der Waals surface area contributed by atoms with Crippen LogP contribution >= 0.6 is 0 Å². The molecule has 0 saturated carbocycles. The Bertz CT molecular complexity index is 701. The maximum atomic E-state index is 13.2. The Morgan fingerprint density at radius 2 is 1.48 bits per heavy atom. The number of aromatic nitrogens is 2. The molecule has 0 bridgehead atoms. The van der Waals surface area contributed by atoms with Gasteiger partial charge in [0.1, 0.15) is 17.7 Å². The van der Waals surface area contributed by atoms with Gasteiger partial charge < -0.3 is 22.1 Å². The van der Waals surface area contributed by atoms with Crippen LogP contribution in [0.3, 0.4) is 0 Å². The lowest BCUT2D eigenvalue weighted by atomic mass is 10.0. The van der Waals surface area contributed by atoms with Gasteiger partial charge in [0.2, 0.25) is 0 Å². The van der Waals surface area contributed by atoms with Crippen molar-refractivity contribution in [2.24, 2.45) is 0 Å². The number of hydrogen-bond donors (Lipinski definition) is 1. The number of nitrogens with one attached hydrogen (secondary N) is 1. The molecule has 0 fully saturated rings. The summed E-state index contributed by atoms with van der Waals surface area (Å²) in [5.41, 5.74) is 2.73. The highest BCUT2D eigenvalue weighted by atomic mass is 35.5. The smallest absolute Gasteiger partial charge is 0.123 e. The molecule has 0 atom stereocenters. The molecule has 0 radical (unpaired) electrons. The molecule has 132 valence electrons. The second-order valence-corrected chi connectivity index (χ2v) is 5.53. The van der Waals surface area contributed by atoms with E-state index in [1.54, 1.807) is 36.8 Å². The zero-order valence-electron chi connectivity index (χ0n) is 13.5. The molecule has 3 aromatic rings. The zero-order valence-corrected chi connectivity index (χ0v) is 14.2. The first-order valence-electron chi connectivity index (χ1n) is 7.82. The summed E-state index contributed by atoms with van der Waals surface area (Å²) in [6.45, 7) is 0.526. The lowest BCUT2D eigenvalue weighted by Gasteiger charge is -2.19. The van der Waals surface area contributed by atoms with Crippen molar-refractivity contribution in [3.8, 4) is 0 Å². The molecule has 1 N–H and O–H groups in total. The van der Waals surface area contributed by atoms with E-state index in [1.807, 2.05) is 0 Å². The molecular formula is C19H18ClF2N2O-. The Morgan fingerprint density at radius 1 is 0.920 bits per heavy atom. The van der Waals surface area contributed by atoms with Crippen LogP contribution in [0, 0.1) is 11.6 Å². The lowest BCUT2D eigenvalue weighted by Crippen LogP contribution is -3.00. The van der Waals surface area contributed by atoms with Gasteiger partial charge in [-0.15, -0.1) is 0 Å². The van der Waals surface area contributed by atoms with Gasteiger partial charge in [0.25, 0.3) is 0 Å². The largest absolute Gasteiger partial charge is 1.00 e. The maximum absolute atomic E-state index is 13.2. The molecule has 3 rings (SSSR count). The van der Waals surface area contributed by atoms with Crippen molar-refractivity contribution in [2.75, 3.05) is 6.61 Å². The van der Waals surface area contributed by atoms with E-state index in [9.17, 15) is 8.78 Å². The molecule has 0 unspecified atom stereocenters. The fourth-order valence-electron chi connectivity index (χ4n) is 2.55. The number of halogens is 3. The summed E-state index contributed by atoms with van der Waals surface area (Å²) in [5, 5.41) is 0. The monoisotopic (exact) mass is 363 g/mol. The van der Waals surface area contributed by atoms with Crippen molar-refractivity contribution in [2.45, 2.75) is 18.9 Å². The molecule has 1 heterocycles. The van der Waals surface area contributed by atoms with Crippen LogP contribution in [0.4, 0.5) is 8.78 Å². The maximum Gasteiger partial charge on any atom is 0.123 e. The molecule has 0 aliphatic heterocycles. The van der Waals surface area contributed by atoms with Crippen LogP contribution in [0.1, 0.15) is 29.3 Å². The van der Waals surface area contributed by atoms with Gasteiger partial charge in [-0.1, -0.05) is 24.3 Å². The number of H-pyrrole nitrogens is 1. The highest BCUT2D eigenvalue weighted by Gasteiger charge is 2.15. The van der Waals surface area contributed by atoms with Gasteiger partial charge in [0, 0.05) is 18.5 Å². The van der Waals surface area contributed by atoms with Crippen LogP contribution in [0.25, 0.3) is 0 Å². The van der Waals surface area contributed by atoms with Crippen molar-refractivity contribution >= 4 is 0 Å². The highest BCUT2D eigenvalue weighted by molar-refractivity contribution is 5.30. The number of aromatic amines is 1. The number of imidazole rings is 1. The highest BCUT2D eigenvalue weighted by Crippen LogP contribution is 2.26. The summed E-state index contributed by atoms with van der Waals surface area (Å²) in [4.78, 5) is 7.03. The molecule has 0 aliphatic carbocycles. The molecule has 0 aliphatic rings. The average Bonchev–Trinajstić information content (AvgIpc) is 3.11. The second-order valence-electron chi connectivity index (χ2n) is 5.53. The summed E-state index contributed by atoms with van der Waals surface area (Å²) < 4.78 is 32.4. The Morgan fingerprint density at radius 3 is 1.96 bits per heavy atom. The molecule has 25 heavy (non-hydrogen) atoms. The van der Waals surface area contributed by atoms with Crippen LogP contribution in [0.2, 0.25) is 0 Å². The normalized spacial score (nSPS) is 10.7. The molecule has 6 heteroatoms. The van der Waals surface area contributed by atoms with Crippen LogP contribution in [0.5, 0.6) is 0 Å². The average molecular weight is 364 g/mol. The number of nitrogens with zero attached hydrogens (tertiary/aromatic N) is 1. The Kier molecular flexibility index (Phi) is 7.10. The first-order chi connectivity index (χ1) is 11.7. The number of benzene rings is 2. The summed E-state index contributed by atoms with van der Waals surface area (Å²) in [5.74, 6) is -0.591. The van der Waals surface area contributed by atoms with E-state index in [1.165, 1.54) is 24.3 Å². The van der Waals surface area contributed by atoms with Crippen LogP contribution in [-0.4, -0.2) is 16.6 Å². The first-order valence-corrected chi connectivity index (χ1v) is 7.82. The van der Waals surface area contributed by atoms with Gasteiger partial charge in [-0.25, -0.2) is 13.8 Å². The number of hydrogen-bond acceptors (Lipinski definition) is 2. The molecule has 0 amide bonds. The number of rotatable bonds is 7. The molecule has 2 aromatic carbocycles. The van der Waals surface area contributed by atoms with E-state index in [-0.39, 0.29) is 30.1 Å². The summed E-state index contributed by atoms with van der Waals surface area (Å²) in [6.07, 6.45) is 4.74. The fraction of sp³-hybridized carbons (Fsp3) is 0.211. The molecular weight excluding hydrogens is 346 g/mol. The van der Waals surface area contributed by atoms with Crippen molar-refractivity contribution in [1.82, 2.24) is 9.97 Å². The van der Waals surface area contributed by atoms with Gasteiger partial charge in [-0.05, 0) is 48.2 Å². The van der Waals surface area contributed by atoms with E-state index in [2.05, 4.69) is 9.97 Å². The third-order valence-electron chi connectivity index (χ3n) is 3.78. The van der Waals surface area contributed by atoms with E-state index >= 15 is 0 Å². The van der Waals surface area contributed by atoms with Crippen molar-refractivity contribution in [1.29, 1.82) is 0 Å². The van der Waals surface area contributed by atoms with Crippen LogP contribution < -0.4 is 12.4 Å². The van der Waals surface area contributed by atoms with Crippen molar-refractivity contribution in [3.63, 3.8) is 0 Å². The van der Waals surface area contributed by atoms with E-state index < -0.39 is 0 Å². The van der Waals surface area contributed by atoms with Gasteiger partial charge in [-0.3, -0.25) is 0 Å². The predicted molar refractivity (Wildman–Crippen MR) is 87.5 cm³/mol. The third-order valence-corrected chi connectivity index (χ3v) is 3.78. The van der Waals surface area contributed by atoms with Gasteiger partial charge in [0.15, 0.2) is 0 Å². The number of aryl methyl sites for hydroxylation is 1. The summed E-state index contributed by atoms with van der Waals surface area (Å²) in [7, 11) is 0. The van der Waals surface area contributed by atoms with Crippen LogP contribution in [-0.2, 0) is 11.2 Å². The Labute approximate surface area is 151 Å². The quantitative estimate of drug-likeness (QED) is 0.645. The lowest BCUT2D eigenvalue weighted by molar-refractivity contribution is -0.00000724. The molecule has 0 saturated heterocycles. The number of ether oxygens (including phenoxy) is 1. The molecule has 0 spiro atoms. The molecule has 1 aromatic heterocycles. The summed E-state index contributed by atoms with van der Waals surface area (Å²) >= 11 is 0. The second kappa shape index (κ2) is 9.30. The topological polar surface area (TPSA) is 37.9 Å². The minimum Gasteiger partial charge on any atom is -1.00 e. The Balaban J connectivity index is 0.00000225. The van der Waals surface area contributed by atoms with Gasteiger partial charge in [0.05, 0.1) is 6.33 Å². The van der Waals surface area contributed by atoms with Crippen molar-refractivity contribution < 1.29 is 25.9 Å². The van der Waals surface area contributed by atoms with E-state index in [4.69, 9.17) is 4.74 Å². The van der Waals surface area contributed by atoms with Crippen LogP contribution in [0.15, 0.2) is 61.1 Å². The SMILES string of the molecule is Fc1ccc(C(OCCCc2cnc[nH]2)c2ccc(F)cc2)cc1.[Cl-]. The first kappa shape index (κ1) is 19.1. The van der Waals surface area contributed by atoms with Crippen molar-refractivity contribution in [3.05, 3.63) is 89.5 Å². The third kappa shape index (κ3) is 5.37. The van der Waals surface area contributed by atoms with Gasteiger partial charge >= 0.3 is 0 Å².